The van der Waals surface area contributed by atoms with Crippen LogP contribution >= 0.6 is 0 Å². The van der Waals surface area contributed by atoms with Gasteiger partial charge in [-0.1, -0.05) is 13.8 Å². The molecule has 1 aliphatic rings. The fourth-order valence-electron chi connectivity index (χ4n) is 2.31. The molecule has 18 heavy (non-hydrogen) atoms. The number of piperidine rings is 1. The third-order valence-electron chi connectivity index (χ3n) is 3.86. The molecule has 0 atom stereocenters. The van der Waals surface area contributed by atoms with Crippen molar-refractivity contribution in [3.63, 3.8) is 0 Å². The number of hydrogen-bond donors (Lipinski definition) is 2. The van der Waals surface area contributed by atoms with E-state index in [2.05, 4.69) is 0 Å². The Morgan fingerprint density at radius 3 is 2.39 bits per heavy atom. The van der Waals surface area contributed by atoms with Crippen LogP contribution < -0.4 is 5.73 Å². The van der Waals surface area contributed by atoms with Crippen LogP contribution in [0.4, 0.5) is 0 Å². The van der Waals surface area contributed by atoms with Crippen molar-refractivity contribution in [2.75, 3.05) is 26.3 Å². The minimum Gasteiger partial charge on any atom is -0.394 e. The number of ether oxygens (including phenoxy) is 1. The second-order valence-corrected chi connectivity index (χ2v) is 4.95. The lowest BCUT2D eigenvalue weighted by atomic mass is 9.91. The first-order valence-electron chi connectivity index (χ1n) is 6.88. The number of amides is 1. The van der Waals surface area contributed by atoms with Crippen molar-refractivity contribution in [3.05, 3.63) is 0 Å². The fraction of sp³-hybridized carbons (Fsp3) is 0.923. The highest BCUT2D eigenvalue weighted by molar-refractivity contribution is 5.86. The Balaban J connectivity index is 2.45. The fourth-order valence-corrected chi connectivity index (χ4v) is 2.31. The first-order valence-corrected chi connectivity index (χ1v) is 6.88. The number of carbonyl (C=O) groups is 1. The quantitative estimate of drug-likeness (QED) is 0.727. The summed E-state index contributed by atoms with van der Waals surface area (Å²) in [6, 6.07) is 0. The van der Waals surface area contributed by atoms with Crippen LogP contribution in [0.1, 0.15) is 39.5 Å². The Bertz CT molecular complexity index is 259. The van der Waals surface area contributed by atoms with E-state index in [-0.39, 0.29) is 18.6 Å². The summed E-state index contributed by atoms with van der Waals surface area (Å²) in [5, 5.41) is 8.70. The molecule has 0 saturated carbocycles. The van der Waals surface area contributed by atoms with E-state index >= 15 is 0 Å². The predicted molar refractivity (Wildman–Crippen MR) is 70.1 cm³/mol. The zero-order chi connectivity index (χ0) is 13.6. The molecule has 0 spiro atoms. The summed E-state index contributed by atoms with van der Waals surface area (Å²) >= 11 is 0. The number of hydrogen-bond acceptors (Lipinski definition) is 4. The SMILES string of the molecule is CCC(N)(CC)C(=O)N1CCC(OCCO)CC1. The van der Waals surface area contributed by atoms with Gasteiger partial charge in [0.25, 0.3) is 0 Å². The number of nitrogens with zero attached hydrogens (tertiary/aromatic N) is 1. The van der Waals surface area contributed by atoms with Gasteiger partial charge >= 0.3 is 0 Å². The van der Waals surface area contributed by atoms with E-state index in [1.165, 1.54) is 0 Å². The molecule has 106 valence electrons. The van der Waals surface area contributed by atoms with Crippen LogP contribution in [0, 0.1) is 0 Å². The van der Waals surface area contributed by atoms with Crippen LogP contribution in [0.2, 0.25) is 0 Å². The van der Waals surface area contributed by atoms with Crippen LogP contribution in [0.15, 0.2) is 0 Å². The molecule has 0 aromatic carbocycles. The van der Waals surface area contributed by atoms with Gasteiger partial charge in [-0.3, -0.25) is 4.79 Å². The lowest BCUT2D eigenvalue weighted by Crippen LogP contribution is -2.56. The molecule has 1 aliphatic heterocycles. The molecule has 0 aromatic rings. The van der Waals surface area contributed by atoms with Gasteiger partial charge in [0, 0.05) is 13.1 Å². The molecule has 0 bridgehead atoms. The molecule has 0 aromatic heterocycles. The van der Waals surface area contributed by atoms with Gasteiger partial charge in [0.2, 0.25) is 5.91 Å². The molecule has 1 saturated heterocycles. The summed E-state index contributed by atoms with van der Waals surface area (Å²) in [5.41, 5.74) is 5.42. The van der Waals surface area contributed by atoms with Gasteiger partial charge in [0.05, 0.1) is 24.9 Å². The molecule has 5 nitrogen and oxygen atoms in total. The van der Waals surface area contributed by atoms with Crippen molar-refractivity contribution in [2.45, 2.75) is 51.2 Å². The van der Waals surface area contributed by atoms with E-state index in [1.807, 2.05) is 18.7 Å². The zero-order valence-electron chi connectivity index (χ0n) is 11.5. The largest absolute Gasteiger partial charge is 0.394 e. The Morgan fingerprint density at radius 1 is 1.39 bits per heavy atom. The maximum atomic E-state index is 12.3. The Kier molecular flexibility index (Phi) is 6.05. The average molecular weight is 258 g/mol. The van der Waals surface area contributed by atoms with Gasteiger partial charge in [0.15, 0.2) is 0 Å². The second kappa shape index (κ2) is 7.07. The van der Waals surface area contributed by atoms with Gasteiger partial charge in [-0.25, -0.2) is 0 Å². The number of nitrogens with two attached hydrogens (primary N) is 1. The molecule has 0 unspecified atom stereocenters. The molecule has 1 amide bonds. The summed E-state index contributed by atoms with van der Waals surface area (Å²) < 4.78 is 5.48. The summed E-state index contributed by atoms with van der Waals surface area (Å²) in [7, 11) is 0. The molecule has 0 radical (unpaired) electrons. The minimum absolute atomic E-state index is 0.0523. The van der Waals surface area contributed by atoms with Crippen molar-refractivity contribution < 1.29 is 14.6 Å². The van der Waals surface area contributed by atoms with E-state index in [0.29, 0.717) is 32.5 Å². The lowest BCUT2D eigenvalue weighted by Gasteiger charge is -2.37. The summed E-state index contributed by atoms with van der Waals surface area (Å²) in [6.45, 7) is 5.75. The molecule has 1 heterocycles. The maximum Gasteiger partial charge on any atom is 0.242 e. The Morgan fingerprint density at radius 2 is 1.94 bits per heavy atom. The number of aliphatic hydroxyl groups is 1. The highest BCUT2D eigenvalue weighted by Crippen LogP contribution is 2.20. The summed E-state index contributed by atoms with van der Waals surface area (Å²) in [6.07, 6.45) is 3.16. The van der Waals surface area contributed by atoms with Gasteiger partial charge < -0.3 is 20.5 Å². The third-order valence-corrected chi connectivity index (χ3v) is 3.86. The number of aliphatic hydroxyl groups excluding tert-OH is 1. The van der Waals surface area contributed by atoms with E-state index in [1.54, 1.807) is 0 Å². The van der Waals surface area contributed by atoms with Gasteiger partial charge in [-0.05, 0) is 25.7 Å². The third kappa shape index (κ3) is 3.67. The first kappa shape index (κ1) is 15.4. The van der Waals surface area contributed by atoms with Gasteiger partial charge in [-0.2, -0.15) is 0 Å². The van der Waals surface area contributed by atoms with Crippen LogP contribution in [0.5, 0.6) is 0 Å². The maximum absolute atomic E-state index is 12.3. The standard InChI is InChI=1S/C13H26N2O3/c1-3-13(14,4-2)12(17)15-7-5-11(6-8-15)18-10-9-16/h11,16H,3-10,14H2,1-2H3. The topological polar surface area (TPSA) is 75.8 Å². The average Bonchev–Trinajstić information content (AvgIpc) is 2.44. The van der Waals surface area contributed by atoms with Crippen LogP contribution in [-0.4, -0.2) is 53.9 Å². The second-order valence-electron chi connectivity index (χ2n) is 4.95. The molecule has 5 heteroatoms. The molecular weight excluding hydrogens is 232 g/mol. The van der Waals surface area contributed by atoms with Gasteiger partial charge in [0.1, 0.15) is 0 Å². The normalized spacial score (nSPS) is 18.1. The molecule has 3 N–H and O–H groups in total. The van der Waals surface area contributed by atoms with E-state index in [4.69, 9.17) is 15.6 Å². The monoisotopic (exact) mass is 258 g/mol. The van der Waals surface area contributed by atoms with Crippen molar-refractivity contribution in [2.24, 2.45) is 5.73 Å². The van der Waals surface area contributed by atoms with Crippen molar-refractivity contribution >= 4 is 5.91 Å². The molecular formula is C13H26N2O3. The number of rotatable bonds is 6. The predicted octanol–water partition coefficient (Wildman–Crippen LogP) is 0.504. The van der Waals surface area contributed by atoms with Crippen molar-refractivity contribution in [1.82, 2.24) is 4.90 Å². The molecule has 0 aliphatic carbocycles. The van der Waals surface area contributed by atoms with Crippen LogP contribution in [0.25, 0.3) is 0 Å². The summed E-state index contributed by atoms with van der Waals surface area (Å²) in [5.74, 6) is 0.0631. The molecule has 1 rings (SSSR count). The van der Waals surface area contributed by atoms with Gasteiger partial charge in [-0.15, -0.1) is 0 Å². The first-order chi connectivity index (χ1) is 8.57. The van der Waals surface area contributed by atoms with E-state index < -0.39 is 5.54 Å². The number of carbonyl (C=O) groups excluding carboxylic acids is 1. The van der Waals surface area contributed by atoms with Crippen molar-refractivity contribution in [3.8, 4) is 0 Å². The van der Waals surface area contributed by atoms with Crippen LogP contribution in [-0.2, 0) is 9.53 Å². The minimum atomic E-state index is -0.710. The molecule has 1 fully saturated rings. The zero-order valence-corrected chi connectivity index (χ0v) is 11.5. The van der Waals surface area contributed by atoms with E-state index in [9.17, 15) is 4.79 Å². The lowest BCUT2D eigenvalue weighted by molar-refractivity contribution is -0.140. The number of likely N-dealkylation sites (tertiary alicyclic amines) is 1. The van der Waals surface area contributed by atoms with E-state index in [0.717, 1.165) is 12.8 Å². The highest BCUT2D eigenvalue weighted by atomic mass is 16.5. The Hall–Kier alpha value is -0.650. The summed E-state index contributed by atoms with van der Waals surface area (Å²) in [4.78, 5) is 14.2. The Labute approximate surface area is 109 Å². The smallest absolute Gasteiger partial charge is 0.242 e. The highest BCUT2D eigenvalue weighted by Gasteiger charge is 2.35. The van der Waals surface area contributed by atoms with Crippen LogP contribution in [0.3, 0.4) is 0 Å². The van der Waals surface area contributed by atoms with Crippen molar-refractivity contribution in [1.29, 1.82) is 0 Å².